The molecule has 1 aromatic rings. The second-order valence-electron chi connectivity index (χ2n) is 6.68. The van der Waals surface area contributed by atoms with Gasteiger partial charge in [0.1, 0.15) is 6.07 Å². The molecule has 0 N–H and O–H groups in total. The van der Waals surface area contributed by atoms with E-state index < -0.39 is 0 Å². The molecule has 4 aliphatic rings. The summed E-state index contributed by atoms with van der Waals surface area (Å²) in [6, 6.07) is 2.10. The summed E-state index contributed by atoms with van der Waals surface area (Å²) in [5.74, 6) is 3.26. The highest BCUT2D eigenvalue weighted by Crippen LogP contribution is 2.61. The molecular weight excluding hydrogens is 256 g/mol. The second-order valence-corrected chi connectivity index (χ2v) is 8.11. The Kier molecular flexibility index (Phi) is 2.47. The van der Waals surface area contributed by atoms with Crippen molar-refractivity contribution in [2.24, 2.45) is 24.8 Å². The first-order chi connectivity index (χ1) is 9.17. The van der Waals surface area contributed by atoms with Crippen LogP contribution in [-0.2, 0) is 7.05 Å². The zero-order valence-electron chi connectivity index (χ0n) is 11.2. The van der Waals surface area contributed by atoms with Crippen molar-refractivity contribution in [1.29, 1.82) is 5.26 Å². The van der Waals surface area contributed by atoms with Crippen LogP contribution in [-0.4, -0.2) is 19.5 Å². The first-order valence-electron chi connectivity index (χ1n) is 7.16. The Balaban J connectivity index is 1.62. The van der Waals surface area contributed by atoms with E-state index >= 15 is 0 Å². The number of rotatable bonds is 2. The smallest absolute Gasteiger partial charge is 0.235 e. The van der Waals surface area contributed by atoms with Crippen molar-refractivity contribution in [3.8, 4) is 6.07 Å². The van der Waals surface area contributed by atoms with Gasteiger partial charge in [0.15, 0.2) is 5.16 Å². The largest absolute Gasteiger partial charge is 0.297 e. The van der Waals surface area contributed by atoms with Gasteiger partial charge >= 0.3 is 0 Å². The number of hydrogen-bond acceptors (Lipinski definition) is 4. The van der Waals surface area contributed by atoms with Gasteiger partial charge in [-0.1, -0.05) is 11.8 Å². The van der Waals surface area contributed by atoms with Gasteiger partial charge in [0.05, 0.1) is 0 Å². The lowest BCUT2D eigenvalue weighted by atomic mass is 9.56. The van der Waals surface area contributed by atoms with Gasteiger partial charge in [0.25, 0.3) is 0 Å². The number of aromatic nitrogens is 3. The van der Waals surface area contributed by atoms with E-state index in [2.05, 4.69) is 16.3 Å². The Labute approximate surface area is 117 Å². The van der Waals surface area contributed by atoms with Crippen LogP contribution in [0.25, 0.3) is 0 Å². The van der Waals surface area contributed by atoms with Crippen LogP contribution in [0, 0.1) is 29.1 Å². The lowest BCUT2D eigenvalue weighted by Crippen LogP contribution is -2.48. The summed E-state index contributed by atoms with van der Waals surface area (Å²) in [5, 5.41) is 18.1. The van der Waals surface area contributed by atoms with Crippen molar-refractivity contribution in [2.45, 2.75) is 48.4 Å². The molecule has 0 radical (unpaired) electrons. The third-order valence-corrected chi connectivity index (χ3v) is 6.70. The summed E-state index contributed by atoms with van der Waals surface area (Å²) in [5.41, 5.74) is 0. The van der Waals surface area contributed by atoms with E-state index in [4.69, 9.17) is 5.26 Å². The number of thioether (sulfide) groups is 1. The molecule has 0 amide bonds. The van der Waals surface area contributed by atoms with Gasteiger partial charge in [0, 0.05) is 11.8 Å². The van der Waals surface area contributed by atoms with Crippen molar-refractivity contribution >= 4 is 11.8 Å². The summed E-state index contributed by atoms with van der Waals surface area (Å²) < 4.78 is 2.24. The fraction of sp³-hybridized carbons (Fsp3) is 0.786. The Morgan fingerprint density at radius 1 is 1.16 bits per heavy atom. The van der Waals surface area contributed by atoms with E-state index in [1.165, 1.54) is 38.5 Å². The Morgan fingerprint density at radius 3 is 2.21 bits per heavy atom. The Bertz CT molecular complexity index is 521. The third kappa shape index (κ3) is 1.80. The first-order valence-corrected chi connectivity index (χ1v) is 7.97. The maximum absolute atomic E-state index is 8.98. The molecule has 0 unspecified atom stereocenters. The van der Waals surface area contributed by atoms with Crippen molar-refractivity contribution in [3.63, 3.8) is 0 Å². The highest BCUT2D eigenvalue weighted by atomic mass is 32.2. The van der Waals surface area contributed by atoms with Gasteiger partial charge in [-0.3, -0.25) is 4.57 Å². The van der Waals surface area contributed by atoms with Crippen LogP contribution in [0.1, 0.15) is 44.3 Å². The average Bonchev–Trinajstić information content (AvgIpc) is 2.68. The van der Waals surface area contributed by atoms with Crippen molar-refractivity contribution in [1.82, 2.24) is 14.8 Å². The molecule has 5 heteroatoms. The third-order valence-electron chi connectivity index (χ3n) is 5.22. The monoisotopic (exact) mass is 274 g/mol. The van der Waals surface area contributed by atoms with Gasteiger partial charge in [-0.2, -0.15) is 5.26 Å². The lowest BCUT2D eigenvalue weighted by molar-refractivity contribution is 0.0382. The normalized spacial score (nSPS) is 39.5. The molecule has 4 aliphatic carbocycles. The predicted molar refractivity (Wildman–Crippen MR) is 72.5 cm³/mol. The van der Waals surface area contributed by atoms with Gasteiger partial charge < -0.3 is 0 Å². The molecule has 4 fully saturated rings. The van der Waals surface area contributed by atoms with E-state index in [-0.39, 0.29) is 0 Å². The van der Waals surface area contributed by atoms with Crippen molar-refractivity contribution in [2.75, 3.05) is 0 Å². The minimum atomic E-state index is 0.391. The van der Waals surface area contributed by atoms with E-state index in [0.717, 1.165) is 22.9 Å². The summed E-state index contributed by atoms with van der Waals surface area (Å²) in [7, 11) is 1.90. The zero-order chi connectivity index (χ0) is 13.0. The Hall–Kier alpha value is -1.02. The maximum atomic E-state index is 8.98. The summed E-state index contributed by atoms with van der Waals surface area (Å²) in [6.07, 6.45) is 8.42. The first kappa shape index (κ1) is 11.8. The minimum Gasteiger partial charge on any atom is -0.297 e. The molecule has 4 bridgehead atoms. The van der Waals surface area contributed by atoms with E-state index in [1.807, 2.05) is 23.4 Å². The molecule has 19 heavy (non-hydrogen) atoms. The number of nitriles is 1. The van der Waals surface area contributed by atoms with E-state index in [1.54, 1.807) is 0 Å². The SMILES string of the molecule is Cn1c(C#N)nnc1SC12CC3CC(CC(C3)C1)C2. The molecule has 0 spiro atoms. The van der Waals surface area contributed by atoms with Gasteiger partial charge in [-0.15, -0.1) is 10.2 Å². The maximum Gasteiger partial charge on any atom is 0.235 e. The summed E-state index contributed by atoms with van der Waals surface area (Å²) >= 11 is 1.90. The van der Waals surface area contributed by atoms with Gasteiger partial charge in [-0.05, 0) is 56.3 Å². The fourth-order valence-corrected chi connectivity index (χ4v) is 6.50. The standard InChI is InChI=1S/C14H18N4S/c1-18-12(8-15)16-17-13(18)19-14-5-9-2-10(6-14)4-11(3-9)7-14/h9-11H,2-7H2,1H3. The topological polar surface area (TPSA) is 54.5 Å². The van der Waals surface area contributed by atoms with E-state index in [0.29, 0.717) is 10.6 Å². The molecule has 1 heterocycles. The van der Waals surface area contributed by atoms with Crippen LogP contribution in [0.4, 0.5) is 0 Å². The van der Waals surface area contributed by atoms with Crippen molar-refractivity contribution in [3.05, 3.63) is 5.82 Å². The number of nitrogens with zero attached hydrogens (tertiary/aromatic N) is 4. The minimum absolute atomic E-state index is 0.391. The van der Waals surface area contributed by atoms with Crippen LogP contribution in [0.2, 0.25) is 0 Å². The molecule has 4 saturated carbocycles. The molecular formula is C14H18N4S. The molecule has 0 saturated heterocycles. The molecule has 5 rings (SSSR count). The molecule has 100 valence electrons. The predicted octanol–water partition coefficient (Wildman–Crippen LogP) is 2.75. The highest BCUT2D eigenvalue weighted by molar-refractivity contribution is 8.00. The van der Waals surface area contributed by atoms with Crippen LogP contribution < -0.4 is 0 Å². The Morgan fingerprint density at radius 2 is 1.74 bits per heavy atom. The fourth-order valence-electron chi connectivity index (χ4n) is 4.85. The molecule has 0 aromatic carbocycles. The van der Waals surface area contributed by atoms with Crippen molar-refractivity contribution < 1.29 is 0 Å². The molecule has 0 aliphatic heterocycles. The van der Waals surface area contributed by atoms with Gasteiger partial charge in [0.2, 0.25) is 5.82 Å². The zero-order valence-corrected chi connectivity index (χ0v) is 12.0. The summed E-state index contributed by atoms with van der Waals surface area (Å²) in [4.78, 5) is 0. The molecule has 1 aromatic heterocycles. The molecule has 4 nitrogen and oxygen atoms in total. The summed E-state index contributed by atoms with van der Waals surface area (Å²) in [6.45, 7) is 0. The lowest BCUT2D eigenvalue weighted by Gasteiger charge is -2.56. The van der Waals surface area contributed by atoms with Crippen LogP contribution in [0.3, 0.4) is 0 Å². The second kappa shape index (κ2) is 3.99. The quantitative estimate of drug-likeness (QED) is 0.832. The van der Waals surface area contributed by atoms with Crippen LogP contribution >= 0.6 is 11.8 Å². The van der Waals surface area contributed by atoms with Crippen LogP contribution in [0.5, 0.6) is 0 Å². The highest BCUT2D eigenvalue weighted by Gasteiger charge is 2.51. The van der Waals surface area contributed by atoms with Crippen LogP contribution in [0.15, 0.2) is 5.16 Å². The van der Waals surface area contributed by atoms with Gasteiger partial charge in [-0.25, -0.2) is 0 Å². The average molecular weight is 274 g/mol. The number of hydrogen-bond donors (Lipinski definition) is 0. The molecule has 0 atom stereocenters. The van der Waals surface area contributed by atoms with E-state index in [9.17, 15) is 0 Å².